The summed E-state index contributed by atoms with van der Waals surface area (Å²) >= 11 is 0.951. The number of thioether (sulfide) groups is 1. The zero-order valence-electron chi connectivity index (χ0n) is 8.19. The summed E-state index contributed by atoms with van der Waals surface area (Å²) < 4.78 is 25.6. The number of carboxylic acid groups (broad SMARTS) is 1. The van der Waals surface area contributed by atoms with Crippen LogP contribution in [0, 0.1) is 11.6 Å². The van der Waals surface area contributed by atoms with Crippen LogP contribution in [0.5, 0.6) is 0 Å². The number of aliphatic hydroxyl groups excluding tert-OH is 1. The van der Waals surface area contributed by atoms with Gasteiger partial charge in [-0.1, -0.05) is 0 Å². The average molecular weight is 248 g/mol. The van der Waals surface area contributed by atoms with E-state index >= 15 is 0 Å². The van der Waals surface area contributed by atoms with Crippen molar-refractivity contribution in [3.05, 3.63) is 29.8 Å². The van der Waals surface area contributed by atoms with Crippen LogP contribution in [0.3, 0.4) is 0 Å². The molecule has 0 saturated carbocycles. The summed E-state index contributed by atoms with van der Waals surface area (Å²) in [4.78, 5) is 10.4. The van der Waals surface area contributed by atoms with E-state index in [2.05, 4.69) is 0 Å². The highest BCUT2D eigenvalue weighted by molar-refractivity contribution is 7.99. The molecule has 1 unspecified atom stereocenters. The van der Waals surface area contributed by atoms with Crippen LogP contribution in [0.2, 0.25) is 0 Å². The van der Waals surface area contributed by atoms with Crippen LogP contribution in [0.25, 0.3) is 0 Å². The van der Waals surface area contributed by atoms with E-state index in [-0.39, 0.29) is 10.6 Å². The summed E-state index contributed by atoms with van der Waals surface area (Å²) in [6, 6.07) is 3.10. The quantitative estimate of drug-likeness (QED) is 0.781. The largest absolute Gasteiger partial charge is 0.481 e. The first-order valence-electron chi connectivity index (χ1n) is 4.46. The predicted molar refractivity (Wildman–Crippen MR) is 55.3 cm³/mol. The molecule has 0 bridgehead atoms. The van der Waals surface area contributed by atoms with Gasteiger partial charge in [-0.2, -0.15) is 0 Å². The Bertz CT molecular complexity index is 384. The summed E-state index contributed by atoms with van der Waals surface area (Å²) in [5.41, 5.74) is 0. The molecule has 1 atom stereocenters. The molecule has 3 nitrogen and oxygen atoms in total. The molecule has 0 amide bonds. The molecular formula is C10H10F2O3S. The number of aliphatic carboxylic acids is 1. The van der Waals surface area contributed by atoms with Gasteiger partial charge in [-0.15, -0.1) is 11.8 Å². The molecule has 1 aromatic rings. The smallest absolute Gasteiger partial charge is 0.306 e. The van der Waals surface area contributed by atoms with Crippen molar-refractivity contribution in [3.8, 4) is 0 Å². The Labute approximate surface area is 95.1 Å². The van der Waals surface area contributed by atoms with Crippen molar-refractivity contribution in [2.24, 2.45) is 0 Å². The maximum Gasteiger partial charge on any atom is 0.306 e. The van der Waals surface area contributed by atoms with Gasteiger partial charge in [0.2, 0.25) is 0 Å². The van der Waals surface area contributed by atoms with E-state index in [4.69, 9.17) is 5.11 Å². The molecule has 16 heavy (non-hydrogen) atoms. The van der Waals surface area contributed by atoms with Crippen molar-refractivity contribution < 1.29 is 23.8 Å². The molecule has 0 saturated heterocycles. The minimum absolute atomic E-state index is 0.0504. The van der Waals surface area contributed by atoms with Gasteiger partial charge in [-0.05, 0) is 12.1 Å². The highest BCUT2D eigenvalue weighted by atomic mass is 32.2. The maximum absolute atomic E-state index is 13.1. The Morgan fingerprint density at radius 2 is 2.12 bits per heavy atom. The summed E-state index contributed by atoms with van der Waals surface area (Å²) in [6.07, 6.45) is -1.44. The average Bonchev–Trinajstić information content (AvgIpc) is 2.15. The van der Waals surface area contributed by atoms with Crippen LogP contribution < -0.4 is 0 Å². The minimum Gasteiger partial charge on any atom is -0.481 e. The Balaban J connectivity index is 2.51. The Morgan fingerprint density at radius 3 is 2.69 bits per heavy atom. The van der Waals surface area contributed by atoms with Crippen molar-refractivity contribution in [1.29, 1.82) is 0 Å². The topological polar surface area (TPSA) is 57.5 Å². The lowest BCUT2D eigenvalue weighted by atomic mass is 10.3. The molecule has 1 rings (SSSR count). The molecule has 0 heterocycles. The second kappa shape index (κ2) is 5.81. The third-order valence-corrected chi connectivity index (χ3v) is 2.93. The molecule has 0 aliphatic heterocycles. The van der Waals surface area contributed by atoms with Crippen molar-refractivity contribution in [2.75, 3.05) is 5.75 Å². The first-order valence-corrected chi connectivity index (χ1v) is 5.45. The van der Waals surface area contributed by atoms with Crippen molar-refractivity contribution >= 4 is 17.7 Å². The van der Waals surface area contributed by atoms with Crippen molar-refractivity contribution in [3.63, 3.8) is 0 Å². The van der Waals surface area contributed by atoms with E-state index in [0.29, 0.717) is 0 Å². The molecule has 0 aliphatic rings. The van der Waals surface area contributed by atoms with Gasteiger partial charge in [0.1, 0.15) is 11.6 Å². The fraction of sp³-hybridized carbons (Fsp3) is 0.300. The highest BCUT2D eigenvalue weighted by Gasteiger charge is 2.11. The molecule has 6 heteroatoms. The van der Waals surface area contributed by atoms with E-state index < -0.39 is 30.1 Å². The van der Waals surface area contributed by atoms with Crippen molar-refractivity contribution in [2.45, 2.75) is 17.4 Å². The lowest BCUT2D eigenvalue weighted by Gasteiger charge is -2.07. The predicted octanol–water partition coefficient (Wildman–Crippen LogP) is 1.89. The molecule has 0 spiro atoms. The number of rotatable bonds is 5. The Kier molecular flexibility index (Phi) is 4.70. The Morgan fingerprint density at radius 1 is 1.44 bits per heavy atom. The number of aliphatic hydroxyl groups is 1. The van der Waals surface area contributed by atoms with Gasteiger partial charge in [0.15, 0.2) is 0 Å². The molecule has 0 fully saturated rings. The zero-order chi connectivity index (χ0) is 12.1. The van der Waals surface area contributed by atoms with Gasteiger partial charge in [0.25, 0.3) is 0 Å². The summed E-state index contributed by atoms with van der Waals surface area (Å²) in [5.74, 6) is -2.46. The van der Waals surface area contributed by atoms with E-state index in [9.17, 15) is 18.7 Å². The molecule has 0 aliphatic carbocycles. The third-order valence-electron chi connectivity index (χ3n) is 1.74. The lowest BCUT2D eigenvalue weighted by Crippen LogP contribution is -2.15. The molecule has 1 aromatic carbocycles. The number of hydrogen-bond acceptors (Lipinski definition) is 3. The van der Waals surface area contributed by atoms with Gasteiger partial charge in [0.05, 0.1) is 12.5 Å². The maximum atomic E-state index is 13.1. The normalized spacial score (nSPS) is 12.4. The number of hydrogen-bond donors (Lipinski definition) is 2. The second-order valence-electron chi connectivity index (χ2n) is 3.14. The number of carbonyl (C=O) groups is 1. The second-order valence-corrected chi connectivity index (χ2v) is 4.20. The van der Waals surface area contributed by atoms with Gasteiger partial charge >= 0.3 is 5.97 Å². The molecule has 2 N–H and O–H groups in total. The molecule has 0 radical (unpaired) electrons. The summed E-state index contributed by atoms with van der Waals surface area (Å²) in [7, 11) is 0. The number of benzene rings is 1. The Hall–Kier alpha value is -1.14. The van der Waals surface area contributed by atoms with Gasteiger partial charge in [-0.3, -0.25) is 4.79 Å². The summed E-state index contributed by atoms with van der Waals surface area (Å²) in [5, 5.41) is 17.6. The van der Waals surface area contributed by atoms with Crippen LogP contribution >= 0.6 is 11.8 Å². The number of carboxylic acids is 1. The standard InChI is InChI=1S/C10H10F2O3S/c11-6-1-2-9(8(12)3-6)16-5-7(13)4-10(14)15/h1-3,7,13H,4-5H2,(H,14,15). The van der Waals surface area contributed by atoms with Crippen LogP contribution in [-0.2, 0) is 4.79 Å². The van der Waals surface area contributed by atoms with Gasteiger partial charge in [-0.25, -0.2) is 8.78 Å². The monoisotopic (exact) mass is 248 g/mol. The highest BCUT2D eigenvalue weighted by Crippen LogP contribution is 2.23. The minimum atomic E-state index is -1.12. The van der Waals surface area contributed by atoms with Crippen LogP contribution in [-0.4, -0.2) is 28.0 Å². The van der Waals surface area contributed by atoms with Crippen LogP contribution in [0.15, 0.2) is 23.1 Å². The number of halogens is 2. The first-order chi connectivity index (χ1) is 7.49. The van der Waals surface area contributed by atoms with E-state index in [0.717, 1.165) is 23.9 Å². The molecular weight excluding hydrogens is 238 g/mol. The van der Waals surface area contributed by atoms with Crippen LogP contribution in [0.1, 0.15) is 6.42 Å². The zero-order valence-corrected chi connectivity index (χ0v) is 9.01. The van der Waals surface area contributed by atoms with E-state index in [1.54, 1.807) is 0 Å². The fourth-order valence-electron chi connectivity index (χ4n) is 1.04. The SMILES string of the molecule is O=C(O)CC(O)CSc1ccc(F)cc1F. The fourth-order valence-corrected chi connectivity index (χ4v) is 1.89. The third kappa shape index (κ3) is 4.16. The van der Waals surface area contributed by atoms with Crippen LogP contribution in [0.4, 0.5) is 8.78 Å². The summed E-state index contributed by atoms with van der Waals surface area (Å²) in [6.45, 7) is 0. The molecule has 88 valence electrons. The molecule has 0 aromatic heterocycles. The lowest BCUT2D eigenvalue weighted by molar-refractivity contribution is -0.138. The van der Waals surface area contributed by atoms with Gasteiger partial charge < -0.3 is 10.2 Å². The first kappa shape index (κ1) is 12.9. The van der Waals surface area contributed by atoms with Crippen molar-refractivity contribution in [1.82, 2.24) is 0 Å². The van der Waals surface area contributed by atoms with E-state index in [1.165, 1.54) is 6.07 Å². The van der Waals surface area contributed by atoms with Gasteiger partial charge in [0, 0.05) is 16.7 Å². The van der Waals surface area contributed by atoms with E-state index in [1.807, 2.05) is 0 Å².